The Hall–Kier alpha value is -1.59. The third-order valence-electron chi connectivity index (χ3n) is 12.1. The van der Waals surface area contributed by atoms with Crippen LogP contribution in [-0.4, -0.2) is 37.2 Å². The zero-order valence-electron chi connectivity index (χ0n) is 39.7. The first-order valence-corrected chi connectivity index (χ1v) is 25.8. The normalized spacial score (nSPS) is 12.5. The van der Waals surface area contributed by atoms with Crippen LogP contribution in [0.25, 0.3) is 0 Å². The Labute approximate surface area is 361 Å². The van der Waals surface area contributed by atoms with Crippen LogP contribution in [0.3, 0.4) is 0 Å². The SMILES string of the molecule is CCCCCCCC(=O)O[C@H](COC(=O)CCCCCCCCCCCCCCCCCCCCC(C)C)COC(=O)CCCCCCCCCCCCC(C)CC. The molecule has 0 N–H and O–H groups in total. The smallest absolute Gasteiger partial charge is 0.306 e. The minimum atomic E-state index is -0.759. The number of ether oxygens (including phenoxy) is 3. The van der Waals surface area contributed by atoms with E-state index in [-0.39, 0.29) is 31.1 Å². The lowest BCUT2D eigenvalue weighted by Gasteiger charge is -2.18. The third kappa shape index (κ3) is 44.0. The standard InChI is InChI=1S/C52H100O6/c1-6-8-9-30-39-44-52(55)58-49(46-57-51(54)43-38-34-29-25-21-20-23-27-32-36-41-48(5)7-2)45-56-50(53)42-37-33-28-24-19-17-15-13-11-10-12-14-16-18-22-26-31-35-40-47(3)4/h47-49H,6-46H2,1-5H3/t48?,49-/m1/s1. The molecular formula is C52H100O6. The molecule has 0 fully saturated rings. The van der Waals surface area contributed by atoms with Crippen LogP contribution in [0, 0.1) is 11.8 Å². The predicted octanol–water partition coefficient (Wildman–Crippen LogP) is 16.5. The lowest BCUT2D eigenvalue weighted by Crippen LogP contribution is -2.30. The minimum absolute atomic E-state index is 0.0652. The number of unbranched alkanes of at least 4 members (excludes halogenated alkanes) is 30. The van der Waals surface area contributed by atoms with E-state index in [0.29, 0.717) is 19.3 Å². The number of esters is 3. The molecule has 1 unspecified atom stereocenters. The fourth-order valence-corrected chi connectivity index (χ4v) is 7.78. The van der Waals surface area contributed by atoms with Gasteiger partial charge in [-0.2, -0.15) is 0 Å². The van der Waals surface area contributed by atoms with E-state index in [0.717, 1.165) is 76.0 Å². The van der Waals surface area contributed by atoms with E-state index >= 15 is 0 Å². The van der Waals surface area contributed by atoms with Gasteiger partial charge in [-0.25, -0.2) is 0 Å². The van der Waals surface area contributed by atoms with Crippen LogP contribution in [-0.2, 0) is 28.6 Å². The summed E-state index contributed by atoms with van der Waals surface area (Å²) in [7, 11) is 0. The van der Waals surface area contributed by atoms with Crippen molar-refractivity contribution in [2.75, 3.05) is 13.2 Å². The maximum Gasteiger partial charge on any atom is 0.306 e. The molecule has 0 saturated heterocycles. The Morgan fingerprint density at radius 1 is 0.362 bits per heavy atom. The van der Waals surface area contributed by atoms with Gasteiger partial charge in [-0.3, -0.25) is 14.4 Å². The Kier molecular flexibility index (Phi) is 43.7. The molecule has 0 bridgehead atoms. The summed E-state index contributed by atoms with van der Waals surface area (Å²) in [6, 6.07) is 0. The second-order valence-corrected chi connectivity index (χ2v) is 18.5. The van der Waals surface area contributed by atoms with Gasteiger partial charge in [0, 0.05) is 19.3 Å². The van der Waals surface area contributed by atoms with Crippen molar-refractivity contribution in [3.8, 4) is 0 Å². The first kappa shape index (κ1) is 56.4. The summed E-state index contributed by atoms with van der Waals surface area (Å²) in [5.41, 5.74) is 0. The minimum Gasteiger partial charge on any atom is -0.462 e. The van der Waals surface area contributed by atoms with Gasteiger partial charge in [0.25, 0.3) is 0 Å². The molecule has 0 aromatic carbocycles. The highest BCUT2D eigenvalue weighted by molar-refractivity contribution is 5.71. The number of hydrogen-bond acceptors (Lipinski definition) is 6. The fraction of sp³-hybridized carbons (Fsp3) is 0.942. The zero-order chi connectivity index (χ0) is 42.6. The van der Waals surface area contributed by atoms with Gasteiger partial charge in [-0.1, -0.05) is 247 Å². The largest absolute Gasteiger partial charge is 0.462 e. The molecular weight excluding hydrogens is 721 g/mol. The lowest BCUT2D eigenvalue weighted by atomic mass is 9.99. The summed E-state index contributed by atoms with van der Waals surface area (Å²) in [6.45, 7) is 11.3. The molecule has 6 heteroatoms. The Balaban J connectivity index is 4.03. The van der Waals surface area contributed by atoms with Crippen LogP contribution in [0.2, 0.25) is 0 Å². The van der Waals surface area contributed by atoms with Crippen molar-refractivity contribution in [3.05, 3.63) is 0 Å². The quantitative estimate of drug-likeness (QED) is 0.0346. The van der Waals surface area contributed by atoms with Gasteiger partial charge in [-0.05, 0) is 31.1 Å². The molecule has 0 amide bonds. The topological polar surface area (TPSA) is 78.9 Å². The van der Waals surface area contributed by atoms with E-state index in [2.05, 4.69) is 34.6 Å². The average molecular weight is 821 g/mol. The van der Waals surface area contributed by atoms with Gasteiger partial charge in [0.2, 0.25) is 0 Å². The van der Waals surface area contributed by atoms with Crippen molar-refractivity contribution in [1.82, 2.24) is 0 Å². The first-order valence-electron chi connectivity index (χ1n) is 25.8. The molecule has 0 aromatic rings. The summed E-state index contributed by atoms with van der Waals surface area (Å²) in [4.78, 5) is 37.6. The summed E-state index contributed by atoms with van der Waals surface area (Å²) in [5.74, 6) is 0.865. The van der Waals surface area contributed by atoms with Crippen LogP contribution in [0.5, 0.6) is 0 Å². The van der Waals surface area contributed by atoms with Crippen molar-refractivity contribution in [1.29, 1.82) is 0 Å². The number of carbonyl (C=O) groups is 3. The molecule has 344 valence electrons. The Morgan fingerprint density at radius 2 is 0.655 bits per heavy atom. The van der Waals surface area contributed by atoms with Crippen LogP contribution in [0.4, 0.5) is 0 Å². The highest BCUT2D eigenvalue weighted by Gasteiger charge is 2.19. The number of rotatable bonds is 46. The predicted molar refractivity (Wildman–Crippen MR) is 247 cm³/mol. The van der Waals surface area contributed by atoms with E-state index in [4.69, 9.17) is 14.2 Å². The number of hydrogen-bond donors (Lipinski definition) is 0. The molecule has 58 heavy (non-hydrogen) atoms. The lowest BCUT2D eigenvalue weighted by molar-refractivity contribution is -0.167. The van der Waals surface area contributed by atoms with Gasteiger partial charge >= 0.3 is 17.9 Å². The maximum absolute atomic E-state index is 12.6. The monoisotopic (exact) mass is 821 g/mol. The van der Waals surface area contributed by atoms with Crippen LogP contribution in [0.1, 0.15) is 285 Å². The molecule has 0 radical (unpaired) electrons. The van der Waals surface area contributed by atoms with E-state index in [9.17, 15) is 14.4 Å². The molecule has 0 saturated carbocycles. The third-order valence-corrected chi connectivity index (χ3v) is 12.1. The van der Waals surface area contributed by atoms with Crippen molar-refractivity contribution in [2.45, 2.75) is 291 Å². The molecule has 0 spiro atoms. The Morgan fingerprint density at radius 3 is 0.983 bits per heavy atom. The molecule has 0 aromatic heterocycles. The highest BCUT2D eigenvalue weighted by atomic mass is 16.6. The van der Waals surface area contributed by atoms with Crippen molar-refractivity contribution in [2.24, 2.45) is 11.8 Å². The van der Waals surface area contributed by atoms with Gasteiger partial charge in [0.05, 0.1) is 0 Å². The molecule has 0 heterocycles. The van der Waals surface area contributed by atoms with Crippen molar-refractivity contribution in [3.63, 3.8) is 0 Å². The molecule has 0 aliphatic carbocycles. The summed E-state index contributed by atoms with van der Waals surface area (Å²) >= 11 is 0. The highest BCUT2D eigenvalue weighted by Crippen LogP contribution is 2.18. The first-order chi connectivity index (χ1) is 28.3. The molecule has 0 rings (SSSR count). The van der Waals surface area contributed by atoms with E-state index in [1.54, 1.807) is 0 Å². The molecule has 0 aliphatic rings. The van der Waals surface area contributed by atoms with Gasteiger partial charge < -0.3 is 14.2 Å². The molecule has 6 nitrogen and oxygen atoms in total. The fourth-order valence-electron chi connectivity index (χ4n) is 7.78. The van der Waals surface area contributed by atoms with E-state index < -0.39 is 6.10 Å². The molecule has 2 atom stereocenters. The van der Waals surface area contributed by atoms with Crippen LogP contribution in [0.15, 0.2) is 0 Å². The summed E-state index contributed by atoms with van der Waals surface area (Å²) in [6.07, 6.45) is 45.5. The average Bonchev–Trinajstić information content (AvgIpc) is 3.21. The zero-order valence-corrected chi connectivity index (χ0v) is 39.7. The Bertz CT molecular complexity index is 887. The summed E-state index contributed by atoms with van der Waals surface area (Å²) in [5, 5.41) is 0. The number of carbonyl (C=O) groups excluding carboxylic acids is 3. The van der Waals surface area contributed by atoms with Gasteiger partial charge in [-0.15, -0.1) is 0 Å². The van der Waals surface area contributed by atoms with Crippen LogP contribution < -0.4 is 0 Å². The van der Waals surface area contributed by atoms with E-state index in [1.807, 2.05) is 0 Å². The van der Waals surface area contributed by atoms with Crippen molar-refractivity contribution >= 4 is 17.9 Å². The van der Waals surface area contributed by atoms with Gasteiger partial charge in [0.15, 0.2) is 6.10 Å². The van der Waals surface area contributed by atoms with Crippen molar-refractivity contribution < 1.29 is 28.6 Å². The second kappa shape index (κ2) is 44.9. The second-order valence-electron chi connectivity index (χ2n) is 18.5. The van der Waals surface area contributed by atoms with Gasteiger partial charge in [0.1, 0.15) is 13.2 Å². The molecule has 0 aliphatic heterocycles. The summed E-state index contributed by atoms with van der Waals surface area (Å²) < 4.78 is 16.7. The van der Waals surface area contributed by atoms with E-state index in [1.165, 1.54) is 167 Å². The van der Waals surface area contributed by atoms with Crippen LogP contribution >= 0.6 is 0 Å². The maximum atomic E-state index is 12.6.